The Balaban J connectivity index is 1.31. The fourth-order valence-electron chi connectivity index (χ4n) is 3.91. The molecule has 7 nitrogen and oxygen atoms in total. The number of rotatable bonds is 5. The van der Waals surface area contributed by atoms with Crippen molar-refractivity contribution in [3.05, 3.63) is 76.1 Å². The van der Waals surface area contributed by atoms with Gasteiger partial charge in [0.2, 0.25) is 0 Å². The van der Waals surface area contributed by atoms with Crippen LogP contribution in [-0.2, 0) is 6.61 Å². The van der Waals surface area contributed by atoms with Gasteiger partial charge in [0.15, 0.2) is 5.82 Å². The normalized spacial score (nSPS) is 16.9. The van der Waals surface area contributed by atoms with Crippen LogP contribution in [0.5, 0.6) is 5.75 Å². The van der Waals surface area contributed by atoms with E-state index in [0.29, 0.717) is 38.2 Å². The molecule has 0 aliphatic carbocycles. The number of ether oxygens (including phenoxy) is 1. The zero-order chi connectivity index (χ0) is 25.9. The summed E-state index contributed by atoms with van der Waals surface area (Å²) < 4.78 is 33.5. The number of carbonyl (C=O) groups is 1. The molecule has 1 saturated heterocycles. The smallest absolute Gasteiger partial charge is 0.408 e. The van der Waals surface area contributed by atoms with E-state index < -0.39 is 18.3 Å². The van der Waals surface area contributed by atoms with Crippen LogP contribution in [0.25, 0.3) is 10.2 Å². The molecule has 4 aromatic rings. The van der Waals surface area contributed by atoms with E-state index in [1.165, 1.54) is 29.8 Å². The summed E-state index contributed by atoms with van der Waals surface area (Å²) in [5.41, 5.74) is 2.02. The molecule has 3 heterocycles. The zero-order valence-corrected chi connectivity index (χ0v) is 20.7. The number of anilines is 2. The van der Waals surface area contributed by atoms with Crippen LogP contribution in [0.2, 0.25) is 5.02 Å². The van der Waals surface area contributed by atoms with Gasteiger partial charge in [0.25, 0.3) is 0 Å². The van der Waals surface area contributed by atoms with Gasteiger partial charge in [0.1, 0.15) is 30.7 Å². The first-order chi connectivity index (χ1) is 17.9. The van der Waals surface area contributed by atoms with Crippen molar-refractivity contribution in [3.8, 4) is 17.6 Å². The largest absolute Gasteiger partial charge is 0.487 e. The second kappa shape index (κ2) is 10.6. The Morgan fingerprint density at radius 1 is 1.27 bits per heavy atom. The topological polar surface area (TPSA) is 87.6 Å². The second-order valence-electron chi connectivity index (χ2n) is 8.29. The summed E-state index contributed by atoms with van der Waals surface area (Å²) in [4.78, 5) is 21.6. The van der Waals surface area contributed by atoms with Crippen molar-refractivity contribution in [2.45, 2.75) is 25.2 Å². The van der Waals surface area contributed by atoms with Crippen molar-refractivity contribution in [2.75, 3.05) is 11.9 Å². The Labute approximate surface area is 219 Å². The van der Waals surface area contributed by atoms with Crippen molar-refractivity contribution in [1.82, 2.24) is 14.9 Å². The first-order valence-corrected chi connectivity index (χ1v) is 12.4. The van der Waals surface area contributed by atoms with Crippen LogP contribution >= 0.6 is 22.9 Å². The fourth-order valence-corrected chi connectivity index (χ4v) is 5.06. The number of alkyl halides is 1. The van der Waals surface area contributed by atoms with E-state index in [-0.39, 0.29) is 25.4 Å². The van der Waals surface area contributed by atoms with Gasteiger partial charge in [-0.1, -0.05) is 35.6 Å². The lowest BCUT2D eigenvalue weighted by Gasteiger charge is -2.15. The number of hydrogen-bond acceptors (Lipinski definition) is 6. The zero-order valence-electron chi connectivity index (χ0n) is 19.1. The Hall–Kier alpha value is -3.94. The molecule has 2 aromatic carbocycles. The number of benzene rings is 2. The summed E-state index contributed by atoms with van der Waals surface area (Å²) in [6.45, 7) is 0.00466. The molecule has 1 fully saturated rings. The second-order valence-corrected chi connectivity index (χ2v) is 9.75. The highest BCUT2D eigenvalue weighted by Gasteiger charge is 2.34. The molecule has 1 aliphatic rings. The lowest BCUT2D eigenvalue weighted by Crippen LogP contribution is -2.33. The number of hydrogen-bond donors (Lipinski definition) is 2. The highest BCUT2D eigenvalue weighted by atomic mass is 35.5. The number of nitrogens with zero attached hydrogens (tertiary/aromatic N) is 3. The molecule has 5 rings (SSSR count). The maximum Gasteiger partial charge on any atom is 0.408 e. The Morgan fingerprint density at radius 2 is 2.14 bits per heavy atom. The van der Waals surface area contributed by atoms with Crippen molar-refractivity contribution in [2.24, 2.45) is 0 Å². The van der Waals surface area contributed by atoms with Gasteiger partial charge in [0, 0.05) is 12.1 Å². The van der Waals surface area contributed by atoms with E-state index in [4.69, 9.17) is 16.3 Å². The molecule has 0 spiro atoms. The Kier molecular flexibility index (Phi) is 7.08. The average Bonchev–Trinajstić information content (AvgIpc) is 3.46. The lowest BCUT2D eigenvalue weighted by molar-refractivity contribution is 0.145. The van der Waals surface area contributed by atoms with Crippen molar-refractivity contribution >= 4 is 50.8 Å². The van der Waals surface area contributed by atoms with Crippen LogP contribution in [0.3, 0.4) is 0 Å². The molecule has 37 heavy (non-hydrogen) atoms. The van der Waals surface area contributed by atoms with Gasteiger partial charge in [0.05, 0.1) is 32.7 Å². The van der Waals surface area contributed by atoms with Crippen LogP contribution in [0.1, 0.15) is 16.9 Å². The molecule has 188 valence electrons. The third-order valence-electron chi connectivity index (χ3n) is 5.65. The summed E-state index contributed by atoms with van der Waals surface area (Å²) >= 11 is 7.75. The fraction of sp³-hybridized carbons (Fsp3) is 0.192. The minimum absolute atomic E-state index is 0.0551. The van der Waals surface area contributed by atoms with Crippen molar-refractivity contribution in [1.29, 1.82) is 0 Å². The molecule has 0 radical (unpaired) electrons. The average molecular weight is 541 g/mol. The molecule has 2 N–H and O–H groups in total. The predicted octanol–water partition coefficient (Wildman–Crippen LogP) is 6.25. The van der Waals surface area contributed by atoms with E-state index in [1.54, 1.807) is 36.4 Å². The summed E-state index contributed by atoms with van der Waals surface area (Å²) in [6, 6.07) is 12.4. The van der Waals surface area contributed by atoms with Gasteiger partial charge in [-0.25, -0.2) is 23.5 Å². The summed E-state index contributed by atoms with van der Waals surface area (Å²) in [5, 5.41) is 12.8. The SMILES string of the molecule is O=C(O)N1C[C@@H](F)C[C@H]1C#Cc1cc2ncnc(Nc3ccc(OCc4cccc(F)c4)c(Cl)c3)c2s1. The Morgan fingerprint density at radius 3 is 2.92 bits per heavy atom. The van der Waals surface area contributed by atoms with Gasteiger partial charge in [-0.3, -0.25) is 4.90 Å². The maximum absolute atomic E-state index is 13.7. The molecular weight excluding hydrogens is 522 g/mol. The number of amides is 1. The minimum Gasteiger partial charge on any atom is -0.487 e. The number of halogens is 3. The monoisotopic (exact) mass is 540 g/mol. The van der Waals surface area contributed by atoms with Crippen LogP contribution in [0.4, 0.5) is 25.1 Å². The maximum atomic E-state index is 13.7. The van der Waals surface area contributed by atoms with E-state index in [9.17, 15) is 18.7 Å². The van der Waals surface area contributed by atoms with E-state index in [1.807, 2.05) is 0 Å². The third kappa shape index (κ3) is 5.74. The van der Waals surface area contributed by atoms with Gasteiger partial charge in [-0.05, 0) is 42.0 Å². The van der Waals surface area contributed by atoms with Crippen LogP contribution in [-0.4, -0.2) is 44.8 Å². The molecule has 0 saturated carbocycles. The molecule has 1 amide bonds. The number of likely N-dealkylation sites (tertiary alicyclic amines) is 1. The molecule has 11 heteroatoms. The molecule has 1 aliphatic heterocycles. The van der Waals surface area contributed by atoms with E-state index in [0.717, 1.165) is 9.60 Å². The number of carboxylic acid groups (broad SMARTS) is 1. The quantitative estimate of drug-likeness (QED) is 0.291. The lowest BCUT2D eigenvalue weighted by atomic mass is 10.2. The molecule has 0 bridgehead atoms. The first-order valence-electron chi connectivity index (χ1n) is 11.2. The number of aromatic nitrogens is 2. The summed E-state index contributed by atoms with van der Waals surface area (Å²) in [6.07, 6.45) is -0.926. The minimum atomic E-state index is -1.22. The Bertz CT molecular complexity index is 1540. The first kappa shape index (κ1) is 24.7. The molecular formula is C26H19ClF2N4O3S. The number of nitrogens with one attached hydrogen (secondary N) is 1. The summed E-state index contributed by atoms with van der Waals surface area (Å²) in [7, 11) is 0. The van der Waals surface area contributed by atoms with Gasteiger partial charge < -0.3 is 15.2 Å². The van der Waals surface area contributed by atoms with Gasteiger partial charge in [-0.2, -0.15) is 0 Å². The highest BCUT2D eigenvalue weighted by Crippen LogP contribution is 2.33. The number of fused-ring (bicyclic) bond motifs is 1. The van der Waals surface area contributed by atoms with E-state index >= 15 is 0 Å². The third-order valence-corrected chi connectivity index (χ3v) is 6.99. The van der Waals surface area contributed by atoms with Gasteiger partial charge in [-0.15, -0.1) is 11.3 Å². The standard InChI is InChI=1S/C26H19ClF2N4O3S/c27-21-10-18(4-7-23(21)36-13-15-2-1-3-16(28)8-15)32-25-24-22(30-14-31-25)11-20(37-24)6-5-19-9-17(29)12-33(19)26(34)35/h1-4,7-8,10-11,14,17,19H,9,12-13H2,(H,34,35)(H,30,31,32)/t17-,19+/m0/s1. The summed E-state index contributed by atoms with van der Waals surface area (Å²) in [5.74, 6) is 6.50. The van der Waals surface area contributed by atoms with Crippen LogP contribution in [0.15, 0.2) is 54.9 Å². The van der Waals surface area contributed by atoms with Crippen LogP contribution in [0, 0.1) is 17.7 Å². The molecule has 2 aromatic heterocycles. The number of thiophene rings is 1. The van der Waals surface area contributed by atoms with E-state index in [2.05, 4.69) is 27.1 Å². The molecule has 2 atom stereocenters. The van der Waals surface area contributed by atoms with Crippen molar-refractivity contribution in [3.63, 3.8) is 0 Å². The highest BCUT2D eigenvalue weighted by molar-refractivity contribution is 7.20. The predicted molar refractivity (Wildman–Crippen MR) is 138 cm³/mol. The van der Waals surface area contributed by atoms with Gasteiger partial charge >= 0.3 is 6.09 Å². The molecule has 0 unspecified atom stereocenters. The van der Waals surface area contributed by atoms with Crippen LogP contribution < -0.4 is 10.1 Å². The van der Waals surface area contributed by atoms with Crippen molar-refractivity contribution < 1.29 is 23.4 Å².